The Morgan fingerprint density at radius 3 is 1.23 bits per heavy atom. The van der Waals surface area contributed by atoms with Gasteiger partial charge in [-0.15, -0.1) is 0 Å². The van der Waals surface area contributed by atoms with Gasteiger partial charge in [0, 0.05) is 33.4 Å². The van der Waals surface area contributed by atoms with E-state index in [4.69, 9.17) is 24.9 Å². The van der Waals surface area contributed by atoms with E-state index in [9.17, 15) is 0 Å². The van der Waals surface area contributed by atoms with Crippen LogP contribution in [0.5, 0.6) is 0 Å². The Labute approximate surface area is 302 Å². The van der Waals surface area contributed by atoms with Crippen molar-refractivity contribution >= 4 is 10.8 Å². The van der Waals surface area contributed by atoms with Crippen LogP contribution in [-0.2, 0) is 0 Å². The van der Waals surface area contributed by atoms with Crippen LogP contribution in [0.4, 0.5) is 0 Å². The smallest absolute Gasteiger partial charge is 0.164 e. The van der Waals surface area contributed by atoms with E-state index in [1.54, 1.807) is 0 Å². The van der Waals surface area contributed by atoms with Crippen molar-refractivity contribution in [1.82, 2.24) is 24.9 Å². The fraction of sp³-hybridized carbons (Fsp3) is 0. The lowest BCUT2D eigenvalue weighted by molar-refractivity contribution is 1.07. The third kappa shape index (κ3) is 6.35. The summed E-state index contributed by atoms with van der Waals surface area (Å²) in [7, 11) is 0. The Balaban J connectivity index is 1.08. The van der Waals surface area contributed by atoms with Crippen LogP contribution in [0.25, 0.3) is 90.0 Å². The zero-order chi connectivity index (χ0) is 34.7. The Kier molecular flexibility index (Phi) is 8.12. The molecule has 5 heteroatoms. The first-order chi connectivity index (χ1) is 25.7. The van der Waals surface area contributed by atoms with Crippen molar-refractivity contribution < 1.29 is 0 Å². The zero-order valence-corrected chi connectivity index (χ0v) is 28.1. The van der Waals surface area contributed by atoms with Gasteiger partial charge in [-0.25, -0.2) is 24.9 Å². The minimum absolute atomic E-state index is 0.623. The number of nitrogens with zero attached hydrogens (tertiary/aromatic N) is 5. The molecule has 0 spiro atoms. The van der Waals surface area contributed by atoms with E-state index in [-0.39, 0.29) is 0 Å². The number of rotatable bonds is 7. The van der Waals surface area contributed by atoms with E-state index < -0.39 is 0 Å². The van der Waals surface area contributed by atoms with E-state index in [2.05, 4.69) is 109 Å². The molecule has 5 nitrogen and oxygen atoms in total. The quantitative estimate of drug-likeness (QED) is 0.169. The van der Waals surface area contributed by atoms with Crippen molar-refractivity contribution in [2.24, 2.45) is 0 Å². The highest BCUT2D eigenvalue weighted by Crippen LogP contribution is 2.32. The molecule has 244 valence electrons. The second-order valence-electron chi connectivity index (χ2n) is 12.6. The minimum Gasteiger partial charge on any atom is -0.228 e. The highest BCUT2D eigenvalue weighted by atomic mass is 15.0. The van der Waals surface area contributed by atoms with Gasteiger partial charge in [0.2, 0.25) is 0 Å². The largest absolute Gasteiger partial charge is 0.228 e. The summed E-state index contributed by atoms with van der Waals surface area (Å²) in [6.07, 6.45) is 0. The molecule has 0 saturated carbocycles. The summed E-state index contributed by atoms with van der Waals surface area (Å²) in [4.78, 5) is 24.9. The summed E-state index contributed by atoms with van der Waals surface area (Å²) in [5.74, 6) is 2.60. The maximum atomic E-state index is 5.02. The molecule has 0 unspecified atom stereocenters. The standard InChI is InChI=1S/C47H31N5/c1-4-14-34(15-5-1)42-31-43(49-44(48-42)36-16-6-2-7-17-36)35-26-23-33(24-27-35)39-21-12-22-40(29-39)46-50-45(37-18-8-3-9-19-37)51-47(52-46)41-28-25-32-13-10-11-20-38(32)30-41/h1-31H. The van der Waals surface area contributed by atoms with Crippen LogP contribution in [0.2, 0.25) is 0 Å². The average Bonchev–Trinajstić information content (AvgIpc) is 3.24. The molecule has 9 rings (SSSR count). The van der Waals surface area contributed by atoms with Gasteiger partial charge >= 0.3 is 0 Å². The van der Waals surface area contributed by atoms with Crippen LogP contribution >= 0.6 is 0 Å². The Morgan fingerprint density at radius 1 is 0.212 bits per heavy atom. The van der Waals surface area contributed by atoms with E-state index in [1.807, 2.05) is 78.9 Å². The van der Waals surface area contributed by atoms with Crippen molar-refractivity contribution in [2.75, 3.05) is 0 Å². The van der Waals surface area contributed by atoms with Gasteiger partial charge in [0.1, 0.15) is 0 Å². The zero-order valence-electron chi connectivity index (χ0n) is 28.1. The Hall–Kier alpha value is -7.11. The van der Waals surface area contributed by atoms with Crippen LogP contribution in [0.1, 0.15) is 0 Å². The molecular weight excluding hydrogens is 635 g/mol. The summed E-state index contributed by atoms with van der Waals surface area (Å²) in [5, 5.41) is 2.32. The van der Waals surface area contributed by atoms with Gasteiger partial charge in [0.25, 0.3) is 0 Å². The Morgan fingerprint density at radius 2 is 0.615 bits per heavy atom. The predicted molar refractivity (Wildman–Crippen MR) is 211 cm³/mol. The molecule has 9 aromatic rings. The van der Waals surface area contributed by atoms with Crippen molar-refractivity contribution in [2.45, 2.75) is 0 Å². The van der Waals surface area contributed by atoms with Crippen LogP contribution in [0, 0.1) is 0 Å². The molecule has 0 radical (unpaired) electrons. The molecule has 0 aliphatic carbocycles. The van der Waals surface area contributed by atoms with Crippen LogP contribution < -0.4 is 0 Å². The highest BCUT2D eigenvalue weighted by molar-refractivity contribution is 5.87. The Bertz CT molecular complexity index is 2600. The average molecular weight is 666 g/mol. The van der Waals surface area contributed by atoms with Crippen LogP contribution in [-0.4, -0.2) is 24.9 Å². The maximum Gasteiger partial charge on any atom is 0.164 e. The highest BCUT2D eigenvalue weighted by Gasteiger charge is 2.15. The third-order valence-electron chi connectivity index (χ3n) is 9.14. The lowest BCUT2D eigenvalue weighted by Crippen LogP contribution is -2.00. The summed E-state index contributed by atoms with van der Waals surface area (Å²) >= 11 is 0. The molecule has 0 aliphatic heterocycles. The second kappa shape index (κ2) is 13.7. The van der Waals surface area contributed by atoms with Gasteiger partial charge in [-0.3, -0.25) is 0 Å². The fourth-order valence-electron chi connectivity index (χ4n) is 6.42. The van der Waals surface area contributed by atoms with Gasteiger partial charge < -0.3 is 0 Å². The lowest BCUT2D eigenvalue weighted by Gasteiger charge is -2.11. The first-order valence-corrected chi connectivity index (χ1v) is 17.3. The van der Waals surface area contributed by atoms with Gasteiger partial charge in [-0.1, -0.05) is 170 Å². The maximum absolute atomic E-state index is 5.02. The molecule has 0 bridgehead atoms. The normalized spacial score (nSPS) is 11.1. The van der Waals surface area contributed by atoms with Crippen molar-refractivity contribution in [3.63, 3.8) is 0 Å². The summed E-state index contributed by atoms with van der Waals surface area (Å²) in [6, 6.07) is 64.1. The van der Waals surface area contributed by atoms with Gasteiger partial charge in [0.15, 0.2) is 23.3 Å². The molecule has 52 heavy (non-hydrogen) atoms. The third-order valence-corrected chi connectivity index (χ3v) is 9.14. The van der Waals surface area contributed by atoms with Gasteiger partial charge in [-0.05, 0) is 40.1 Å². The molecule has 0 N–H and O–H groups in total. The topological polar surface area (TPSA) is 64.5 Å². The summed E-state index contributed by atoms with van der Waals surface area (Å²) in [6.45, 7) is 0. The van der Waals surface area contributed by atoms with E-state index >= 15 is 0 Å². The number of aromatic nitrogens is 5. The first kappa shape index (κ1) is 30.9. The molecule has 2 aromatic heterocycles. The SMILES string of the molecule is c1ccc(-c2cc(-c3ccc(-c4cccc(-c5nc(-c6ccccc6)nc(-c6ccc7ccccc7c6)n5)c4)cc3)nc(-c3ccccc3)n2)cc1. The molecular formula is C47H31N5. The van der Waals surface area contributed by atoms with Gasteiger partial charge in [0.05, 0.1) is 11.4 Å². The summed E-state index contributed by atoms with van der Waals surface area (Å²) in [5.41, 5.74) is 9.75. The molecule has 0 amide bonds. The number of benzene rings is 7. The number of hydrogen-bond acceptors (Lipinski definition) is 5. The molecule has 0 fully saturated rings. The van der Waals surface area contributed by atoms with Crippen molar-refractivity contribution in [1.29, 1.82) is 0 Å². The monoisotopic (exact) mass is 665 g/mol. The first-order valence-electron chi connectivity index (χ1n) is 17.3. The van der Waals surface area contributed by atoms with Crippen LogP contribution in [0.3, 0.4) is 0 Å². The number of hydrogen-bond donors (Lipinski definition) is 0. The van der Waals surface area contributed by atoms with Gasteiger partial charge in [-0.2, -0.15) is 0 Å². The van der Waals surface area contributed by atoms with Crippen LogP contribution in [0.15, 0.2) is 188 Å². The van der Waals surface area contributed by atoms with E-state index in [1.165, 1.54) is 5.39 Å². The number of fused-ring (bicyclic) bond motifs is 1. The molecule has 0 atom stereocenters. The molecule has 2 heterocycles. The van der Waals surface area contributed by atoms with E-state index in [0.717, 1.165) is 61.3 Å². The minimum atomic E-state index is 0.623. The van der Waals surface area contributed by atoms with Crippen molar-refractivity contribution in [3.8, 4) is 79.2 Å². The summed E-state index contributed by atoms with van der Waals surface area (Å²) < 4.78 is 0. The molecule has 0 aliphatic rings. The van der Waals surface area contributed by atoms with E-state index in [0.29, 0.717) is 23.3 Å². The predicted octanol–water partition coefficient (Wildman–Crippen LogP) is 11.5. The molecule has 0 saturated heterocycles. The second-order valence-corrected chi connectivity index (χ2v) is 12.6. The fourth-order valence-corrected chi connectivity index (χ4v) is 6.42. The lowest BCUT2D eigenvalue weighted by atomic mass is 10.00. The molecule has 7 aromatic carbocycles. The van der Waals surface area contributed by atoms with Crippen molar-refractivity contribution in [3.05, 3.63) is 188 Å².